The van der Waals surface area contributed by atoms with E-state index >= 15 is 0 Å². The number of aromatic amines is 1. The van der Waals surface area contributed by atoms with Gasteiger partial charge in [0.25, 0.3) is 0 Å². The molecule has 0 radical (unpaired) electrons. The Labute approximate surface area is 115 Å². The zero-order chi connectivity index (χ0) is 12.5. The van der Waals surface area contributed by atoms with Crippen LogP contribution in [0.25, 0.3) is 10.7 Å². The van der Waals surface area contributed by atoms with Crippen LogP contribution in [0.1, 0.15) is 19.4 Å². The molecule has 0 aromatic carbocycles. The van der Waals surface area contributed by atoms with Gasteiger partial charge in [-0.1, -0.05) is 6.07 Å². The average molecular weight is 281 g/mol. The van der Waals surface area contributed by atoms with E-state index in [1.54, 1.807) is 11.3 Å². The number of hydrogen-bond acceptors (Lipinski definition) is 4. The molecule has 96 valence electrons. The molecule has 0 amide bonds. The van der Waals surface area contributed by atoms with Gasteiger partial charge in [-0.3, -0.25) is 9.67 Å². The average Bonchev–Trinajstić information content (AvgIpc) is 3.10. The maximum atomic E-state index is 5.47. The van der Waals surface area contributed by atoms with Crippen molar-refractivity contribution in [2.45, 2.75) is 19.4 Å². The fourth-order valence-electron chi connectivity index (χ4n) is 2.41. The first-order valence-electron chi connectivity index (χ1n) is 6.06. The lowest BCUT2D eigenvalue weighted by Gasteiger charge is -2.20. The predicted octanol–water partition coefficient (Wildman–Crippen LogP) is 3.27. The van der Waals surface area contributed by atoms with Crippen LogP contribution in [0, 0.1) is 10.7 Å². The summed E-state index contributed by atoms with van der Waals surface area (Å²) in [4.78, 5) is 1.15. The molecule has 4 nitrogen and oxygen atoms in total. The number of ether oxygens (including phenoxy) is 1. The van der Waals surface area contributed by atoms with Crippen LogP contribution >= 0.6 is 23.6 Å². The fraction of sp³-hybridized carbons (Fsp3) is 0.500. The Balaban J connectivity index is 2.00. The zero-order valence-corrected chi connectivity index (χ0v) is 11.8. The van der Waals surface area contributed by atoms with Gasteiger partial charge in [-0.05, 0) is 37.0 Å². The van der Waals surface area contributed by atoms with Gasteiger partial charge >= 0.3 is 0 Å². The van der Waals surface area contributed by atoms with Gasteiger partial charge in [-0.15, -0.1) is 11.3 Å². The van der Waals surface area contributed by atoms with E-state index in [4.69, 9.17) is 17.0 Å². The van der Waals surface area contributed by atoms with E-state index in [2.05, 4.69) is 33.1 Å². The van der Waals surface area contributed by atoms with Crippen molar-refractivity contribution in [3.05, 3.63) is 22.3 Å². The van der Waals surface area contributed by atoms with Crippen LogP contribution in [0.15, 0.2) is 17.5 Å². The highest BCUT2D eigenvalue weighted by Gasteiger charge is 2.26. The van der Waals surface area contributed by atoms with Crippen molar-refractivity contribution in [3.63, 3.8) is 0 Å². The third-order valence-electron chi connectivity index (χ3n) is 3.50. The summed E-state index contributed by atoms with van der Waals surface area (Å²) in [6.45, 7) is 3.87. The lowest BCUT2D eigenvalue weighted by molar-refractivity contribution is 0.175. The van der Waals surface area contributed by atoms with Gasteiger partial charge < -0.3 is 4.74 Å². The molecule has 1 N–H and O–H groups in total. The SMILES string of the molecule is CC(C1CCOC1)n1c(-c2cccs2)n[nH]c1=S. The molecule has 1 aliphatic rings. The Morgan fingerprint density at radius 1 is 1.67 bits per heavy atom. The number of rotatable bonds is 3. The van der Waals surface area contributed by atoms with Gasteiger partial charge in [0.1, 0.15) is 0 Å². The second kappa shape index (κ2) is 4.95. The van der Waals surface area contributed by atoms with Crippen LogP contribution in [0.3, 0.4) is 0 Å². The Morgan fingerprint density at radius 3 is 3.22 bits per heavy atom. The van der Waals surface area contributed by atoms with Crippen LogP contribution < -0.4 is 0 Å². The van der Waals surface area contributed by atoms with Crippen molar-refractivity contribution < 1.29 is 4.74 Å². The van der Waals surface area contributed by atoms with Gasteiger partial charge in [0.05, 0.1) is 11.5 Å². The maximum Gasteiger partial charge on any atom is 0.195 e. The molecule has 1 saturated heterocycles. The van der Waals surface area contributed by atoms with E-state index in [1.165, 1.54) is 0 Å². The molecule has 2 atom stereocenters. The summed E-state index contributed by atoms with van der Waals surface area (Å²) in [5, 5.41) is 9.33. The van der Waals surface area contributed by atoms with Crippen LogP contribution in [0.2, 0.25) is 0 Å². The van der Waals surface area contributed by atoms with E-state index in [0.29, 0.717) is 16.7 Å². The second-order valence-electron chi connectivity index (χ2n) is 4.56. The smallest absolute Gasteiger partial charge is 0.195 e. The first-order chi connectivity index (χ1) is 8.77. The van der Waals surface area contributed by atoms with Gasteiger partial charge in [0, 0.05) is 18.6 Å². The van der Waals surface area contributed by atoms with Crippen molar-refractivity contribution in [1.82, 2.24) is 14.8 Å². The minimum atomic E-state index is 0.316. The fourth-order valence-corrected chi connectivity index (χ4v) is 3.41. The highest BCUT2D eigenvalue weighted by molar-refractivity contribution is 7.71. The quantitative estimate of drug-likeness (QED) is 0.878. The molecule has 1 aliphatic heterocycles. The lowest BCUT2D eigenvalue weighted by atomic mass is 10.0. The molecule has 0 bridgehead atoms. The molecule has 0 spiro atoms. The predicted molar refractivity (Wildman–Crippen MR) is 74.4 cm³/mol. The number of nitrogens with one attached hydrogen (secondary N) is 1. The molecule has 0 saturated carbocycles. The number of H-pyrrole nitrogens is 1. The van der Waals surface area contributed by atoms with E-state index < -0.39 is 0 Å². The summed E-state index contributed by atoms with van der Waals surface area (Å²) >= 11 is 7.05. The molecule has 18 heavy (non-hydrogen) atoms. The normalized spacial score (nSPS) is 21.3. The van der Waals surface area contributed by atoms with Crippen molar-refractivity contribution >= 4 is 23.6 Å². The minimum absolute atomic E-state index is 0.316. The molecule has 6 heteroatoms. The van der Waals surface area contributed by atoms with Crippen LogP contribution in [0.4, 0.5) is 0 Å². The highest BCUT2D eigenvalue weighted by Crippen LogP contribution is 2.31. The lowest BCUT2D eigenvalue weighted by Crippen LogP contribution is -2.17. The van der Waals surface area contributed by atoms with E-state index in [9.17, 15) is 0 Å². The molecule has 0 aliphatic carbocycles. The first kappa shape index (κ1) is 12.1. The zero-order valence-electron chi connectivity index (χ0n) is 10.1. The largest absolute Gasteiger partial charge is 0.381 e. The summed E-state index contributed by atoms with van der Waals surface area (Å²) in [5.41, 5.74) is 0. The topological polar surface area (TPSA) is 42.8 Å². The summed E-state index contributed by atoms with van der Waals surface area (Å²) in [5.74, 6) is 1.46. The Bertz CT molecular complexity index is 566. The maximum absolute atomic E-state index is 5.47. The number of aromatic nitrogens is 3. The Hall–Kier alpha value is -0.980. The van der Waals surface area contributed by atoms with Crippen molar-refractivity contribution in [3.8, 4) is 10.7 Å². The first-order valence-corrected chi connectivity index (χ1v) is 7.34. The van der Waals surface area contributed by atoms with E-state index in [-0.39, 0.29) is 0 Å². The third-order valence-corrected chi connectivity index (χ3v) is 4.65. The van der Waals surface area contributed by atoms with Crippen LogP contribution in [-0.2, 0) is 4.74 Å². The molecule has 2 unspecified atom stereocenters. The Morgan fingerprint density at radius 2 is 2.56 bits per heavy atom. The van der Waals surface area contributed by atoms with Gasteiger partial charge in [0.2, 0.25) is 0 Å². The second-order valence-corrected chi connectivity index (χ2v) is 5.90. The van der Waals surface area contributed by atoms with Gasteiger partial charge in [-0.2, -0.15) is 5.10 Å². The highest BCUT2D eigenvalue weighted by atomic mass is 32.1. The molecule has 3 heterocycles. The molecule has 3 rings (SSSR count). The molecule has 1 fully saturated rings. The number of hydrogen-bond donors (Lipinski definition) is 1. The molecular weight excluding hydrogens is 266 g/mol. The monoisotopic (exact) mass is 281 g/mol. The van der Waals surface area contributed by atoms with Crippen LogP contribution in [0.5, 0.6) is 0 Å². The molecular formula is C12H15N3OS2. The summed E-state index contributed by atoms with van der Waals surface area (Å²) in [6, 6.07) is 4.42. The summed E-state index contributed by atoms with van der Waals surface area (Å²) in [7, 11) is 0. The van der Waals surface area contributed by atoms with Gasteiger partial charge in [-0.25, -0.2) is 0 Å². The third kappa shape index (κ3) is 2.04. The van der Waals surface area contributed by atoms with Gasteiger partial charge in [0.15, 0.2) is 10.6 Å². The number of nitrogens with zero attached hydrogens (tertiary/aromatic N) is 2. The molecule has 2 aromatic rings. The van der Waals surface area contributed by atoms with E-state index in [0.717, 1.165) is 30.3 Å². The van der Waals surface area contributed by atoms with Crippen LogP contribution in [-0.4, -0.2) is 28.0 Å². The summed E-state index contributed by atoms with van der Waals surface area (Å²) < 4.78 is 8.29. The number of thiophene rings is 1. The summed E-state index contributed by atoms with van der Waals surface area (Å²) in [6.07, 6.45) is 1.10. The van der Waals surface area contributed by atoms with E-state index in [1.807, 2.05) is 6.07 Å². The minimum Gasteiger partial charge on any atom is -0.381 e. The standard InChI is InChI=1S/C12H15N3OS2/c1-8(9-4-5-16-7-9)15-11(13-14-12(15)17)10-3-2-6-18-10/h2-3,6,8-9H,4-5,7H2,1H3,(H,14,17). The van der Waals surface area contributed by atoms with Crippen molar-refractivity contribution in [1.29, 1.82) is 0 Å². The van der Waals surface area contributed by atoms with Crippen molar-refractivity contribution in [2.24, 2.45) is 5.92 Å². The van der Waals surface area contributed by atoms with Crippen molar-refractivity contribution in [2.75, 3.05) is 13.2 Å². The molecule has 2 aromatic heterocycles. The Kier molecular flexibility index (Phi) is 3.32.